The van der Waals surface area contributed by atoms with Gasteiger partial charge in [0.15, 0.2) is 0 Å². The number of fused-ring (bicyclic) bond motifs is 1. The van der Waals surface area contributed by atoms with E-state index in [1.165, 1.54) is 41.3 Å². The largest absolute Gasteiger partial charge is 0.327 e. The molecule has 2 nitrogen and oxygen atoms in total. The molecule has 0 saturated carbocycles. The molecule has 1 aliphatic heterocycles. The minimum atomic E-state index is -0.370. The van der Waals surface area contributed by atoms with Gasteiger partial charge in [-0.2, -0.15) is 0 Å². The Morgan fingerprint density at radius 1 is 0.960 bits per heavy atom. The van der Waals surface area contributed by atoms with E-state index in [1.807, 2.05) is 11.4 Å². The van der Waals surface area contributed by atoms with Crippen molar-refractivity contribution in [3.8, 4) is 0 Å². The average molecular weight is 355 g/mol. The summed E-state index contributed by atoms with van der Waals surface area (Å²) in [5, 5.41) is 2.02. The van der Waals surface area contributed by atoms with Crippen LogP contribution < -0.4 is 0 Å². The summed E-state index contributed by atoms with van der Waals surface area (Å²) in [6.07, 6.45) is 0.789. The molecule has 0 N–H and O–H groups in total. The van der Waals surface area contributed by atoms with E-state index in [9.17, 15) is 13.6 Å². The molecule has 126 valence electrons. The van der Waals surface area contributed by atoms with Crippen LogP contribution in [0.4, 0.5) is 8.78 Å². The van der Waals surface area contributed by atoms with Crippen molar-refractivity contribution in [1.82, 2.24) is 4.90 Å². The first-order chi connectivity index (χ1) is 12.1. The monoisotopic (exact) mass is 355 g/mol. The van der Waals surface area contributed by atoms with Crippen molar-refractivity contribution in [2.75, 3.05) is 6.54 Å². The minimum absolute atomic E-state index is 0.147. The molecule has 2 heterocycles. The fraction of sp³-hybridized carbons (Fsp3) is 0.150. The molecule has 4 rings (SSSR count). The summed E-state index contributed by atoms with van der Waals surface area (Å²) in [4.78, 5) is 16.1. The van der Waals surface area contributed by atoms with Gasteiger partial charge >= 0.3 is 0 Å². The summed E-state index contributed by atoms with van der Waals surface area (Å²) in [5.41, 5.74) is 2.40. The molecule has 2 aromatic carbocycles. The van der Waals surface area contributed by atoms with Crippen molar-refractivity contribution < 1.29 is 13.6 Å². The lowest BCUT2D eigenvalue weighted by Crippen LogP contribution is -2.40. The van der Waals surface area contributed by atoms with Gasteiger partial charge in [-0.1, -0.05) is 12.1 Å². The van der Waals surface area contributed by atoms with E-state index in [2.05, 4.69) is 0 Å². The van der Waals surface area contributed by atoms with Gasteiger partial charge in [-0.25, -0.2) is 8.78 Å². The van der Waals surface area contributed by atoms with Gasteiger partial charge < -0.3 is 4.90 Å². The summed E-state index contributed by atoms with van der Waals surface area (Å²) < 4.78 is 26.5. The number of carbonyl (C=O) groups is 1. The van der Waals surface area contributed by atoms with E-state index >= 15 is 0 Å². The van der Waals surface area contributed by atoms with Gasteiger partial charge in [0.1, 0.15) is 11.6 Å². The molecule has 0 spiro atoms. The van der Waals surface area contributed by atoms with E-state index in [0.717, 1.165) is 17.5 Å². The van der Waals surface area contributed by atoms with Crippen LogP contribution in [0.2, 0.25) is 0 Å². The maximum Gasteiger partial charge on any atom is 0.254 e. The zero-order chi connectivity index (χ0) is 17.4. The second-order valence-electron chi connectivity index (χ2n) is 6.01. The van der Waals surface area contributed by atoms with Gasteiger partial charge in [0.25, 0.3) is 5.91 Å². The predicted molar refractivity (Wildman–Crippen MR) is 93.7 cm³/mol. The number of carbonyl (C=O) groups excluding carboxylic acids is 1. The molecule has 1 amide bonds. The third kappa shape index (κ3) is 2.96. The topological polar surface area (TPSA) is 20.3 Å². The number of rotatable bonds is 2. The fourth-order valence-corrected chi connectivity index (χ4v) is 4.20. The molecule has 1 aromatic heterocycles. The average Bonchev–Trinajstić information content (AvgIpc) is 3.10. The van der Waals surface area contributed by atoms with Gasteiger partial charge in [0, 0.05) is 17.0 Å². The SMILES string of the molecule is O=C(c1ccc(F)cc1)N1CCc2sccc2C1c1ccc(F)cc1. The molecule has 0 radical (unpaired) electrons. The number of benzene rings is 2. The highest BCUT2D eigenvalue weighted by molar-refractivity contribution is 7.10. The molecule has 25 heavy (non-hydrogen) atoms. The van der Waals surface area contributed by atoms with Gasteiger partial charge in [-0.3, -0.25) is 4.79 Å². The third-order valence-corrected chi connectivity index (χ3v) is 5.50. The molecular weight excluding hydrogens is 340 g/mol. The number of amides is 1. The highest BCUT2D eigenvalue weighted by Gasteiger charge is 2.33. The molecule has 3 aromatic rings. The molecule has 1 unspecified atom stereocenters. The zero-order valence-corrected chi connectivity index (χ0v) is 14.1. The van der Waals surface area contributed by atoms with Crippen molar-refractivity contribution in [1.29, 1.82) is 0 Å². The molecule has 0 saturated heterocycles. The summed E-state index contributed by atoms with van der Waals surface area (Å²) >= 11 is 1.68. The molecule has 0 fully saturated rings. The van der Waals surface area contributed by atoms with E-state index in [0.29, 0.717) is 12.1 Å². The van der Waals surface area contributed by atoms with Crippen LogP contribution in [0.25, 0.3) is 0 Å². The van der Waals surface area contributed by atoms with Crippen molar-refractivity contribution in [2.24, 2.45) is 0 Å². The maximum atomic E-state index is 13.3. The third-order valence-electron chi connectivity index (χ3n) is 4.50. The Kier molecular flexibility index (Phi) is 4.09. The molecular formula is C20H15F2NOS. The van der Waals surface area contributed by atoms with Crippen molar-refractivity contribution in [2.45, 2.75) is 12.5 Å². The van der Waals surface area contributed by atoms with Crippen LogP contribution in [0, 0.1) is 11.6 Å². The number of halogens is 2. The Balaban J connectivity index is 1.76. The first-order valence-electron chi connectivity index (χ1n) is 8.02. The number of hydrogen-bond donors (Lipinski definition) is 0. The highest BCUT2D eigenvalue weighted by atomic mass is 32.1. The van der Waals surface area contributed by atoms with Crippen LogP contribution in [0.1, 0.15) is 32.4 Å². The van der Waals surface area contributed by atoms with Crippen molar-refractivity contribution in [3.05, 3.63) is 93.2 Å². The zero-order valence-electron chi connectivity index (χ0n) is 13.3. The first kappa shape index (κ1) is 16.0. The van der Waals surface area contributed by atoms with Gasteiger partial charge in [-0.15, -0.1) is 11.3 Å². The van der Waals surface area contributed by atoms with Crippen LogP contribution in [-0.4, -0.2) is 17.4 Å². The summed E-state index contributed by atoms with van der Waals surface area (Å²) in [6, 6.07) is 13.6. The molecule has 1 aliphatic rings. The number of thiophene rings is 1. The Morgan fingerprint density at radius 2 is 1.60 bits per heavy atom. The Morgan fingerprint density at radius 3 is 2.28 bits per heavy atom. The Hall–Kier alpha value is -2.53. The van der Waals surface area contributed by atoms with E-state index < -0.39 is 0 Å². The Bertz CT molecular complexity index is 902. The fourth-order valence-electron chi connectivity index (χ4n) is 3.30. The first-order valence-corrected chi connectivity index (χ1v) is 8.90. The lowest BCUT2D eigenvalue weighted by molar-refractivity contribution is 0.0696. The summed E-state index contributed by atoms with van der Waals surface area (Å²) in [5.74, 6) is -0.821. The van der Waals surface area contributed by atoms with Gasteiger partial charge in [-0.05, 0) is 65.4 Å². The molecule has 1 atom stereocenters. The van der Waals surface area contributed by atoms with E-state index in [-0.39, 0.29) is 23.6 Å². The quantitative estimate of drug-likeness (QED) is 0.646. The smallest absolute Gasteiger partial charge is 0.254 e. The van der Waals surface area contributed by atoms with Crippen LogP contribution in [-0.2, 0) is 6.42 Å². The highest BCUT2D eigenvalue weighted by Crippen LogP contribution is 2.38. The van der Waals surface area contributed by atoms with Gasteiger partial charge in [0.05, 0.1) is 6.04 Å². The Labute approximate surface area is 148 Å². The number of nitrogens with zero attached hydrogens (tertiary/aromatic N) is 1. The number of hydrogen-bond acceptors (Lipinski definition) is 2. The van der Waals surface area contributed by atoms with Crippen LogP contribution in [0.5, 0.6) is 0 Å². The predicted octanol–water partition coefficient (Wildman–Crippen LogP) is 4.81. The normalized spacial score (nSPS) is 16.6. The van der Waals surface area contributed by atoms with Gasteiger partial charge in [0.2, 0.25) is 0 Å². The minimum Gasteiger partial charge on any atom is -0.327 e. The lowest BCUT2D eigenvalue weighted by atomic mass is 9.92. The van der Waals surface area contributed by atoms with E-state index in [4.69, 9.17) is 0 Å². The second kappa shape index (κ2) is 6.41. The molecule has 0 aliphatic carbocycles. The van der Waals surface area contributed by atoms with Crippen molar-refractivity contribution >= 4 is 17.2 Å². The molecule has 0 bridgehead atoms. The van der Waals surface area contributed by atoms with Crippen LogP contribution >= 0.6 is 11.3 Å². The van der Waals surface area contributed by atoms with E-state index in [1.54, 1.807) is 28.4 Å². The summed E-state index contributed by atoms with van der Waals surface area (Å²) in [7, 11) is 0. The standard InChI is InChI=1S/C20H15F2NOS/c21-15-5-1-13(2-6-15)19-17-10-12-25-18(17)9-11-23(19)20(24)14-3-7-16(22)8-4-14/h1-8,10,12,19H,9,11H2. The summed E-state index contributed by atoms with van der Waals surface area (Å²) in [6.45, 7) is 0.575. The maximum absolute atomic E-state index is 13.3. The lowest BCUT2D eigenvalue weighted by Gasteiger charge is -2.36. The van der Waals surface area contributed by atoms with Crippen molar-refractivity contribution in [3.63, 3.8) is 0 Å². The second-order valence-corrected chi connectivity index (χ2v) is 7.01. The van der Waals surface area contributed by atoms with Crippen LogP contribution in [0.15, 0.2) is 60.0 Å². The van der Waals surface area contributed by atoms with Crippen LogP contribution in [0.3, 0.4) is 0 Å². The molecule has 5 heteroatoms.